The molecule has 0 unspecified atom stereocenters. The Bertz CT molecular complexity index is 371. The number of hydrogen-bond donors (Lipinski definition) is 0. The van der Waals surface area contributed by atoms with Crippen LogP contribution >= 0.6 is 0 Å². The lowest BCUT2D eigenvalue weighted by molar-refractivity contribution is 0.294. The molecule has 0 aromatic heterocycles. The topological polar surface area (TPSA) is 18.5 Å². The van der Waals surface area contributed by atoms with Gasteiger partial charge in [0.2, 0.25) is 0 Å². The minimum Gasteiger partial charge on any atom is -0.520 e. The van der Waals surface area contributed by atoms with Crippen LogP contribution in [0.2, 0.25) is 12.1 Å². The second-order valence-electron chi connectivity index (χ2n) is 4.49. The zero-order chi connectivity index (χ0) is 13.4. The summed E-state index contributed by atoms with van der Waals surface area (Å²) in [6, 6.07) is 10.1. The van der Waals surface area contributed by atoms with Gasteiger partial charge in [0.1, 0.15) is 5.75 Å². The van der Waals surface area contributed by atoms with Gasteiger partial charge in [0.25, 0.3) is 0 Å². The lowest BCUT2D eigenvalue weighted by Crippen LogP contribution is -2.44. The first kappa shape index (κ1) is 15.0. The van der Waals surface area contributed by atoms with Crippen LogP contribution in [0, 0.1) is 0 Å². The summed E-state index contributed by atoms with van der Waals surface area (Å²) in [5.74, 6) is 0.905. The Morgan fingerprint density at radius 1 is 1.22 bits per heavy atom. The van der Waals surface area contributed by atoms with E-state index in [0.29, 0.717) is 0 Å². The normalized spacial score (nSPS) is 11.3. The average molecular weight is 264 g/mol. The van der Waals surface area contributed by atoms with E-state index in [1.807, 2.05) is 30.3 Å². The molecule has 0 heterocycles. The molecule has 0 aliphatic carbocycles. The summed E-state index contributed by atoms with van der Waals surface area (Å²) in [6.07, 6.45) is 4.03. The number of benzene rings is 1. The molecule has 0 aliphatic rings. The Balaban J connectivity index is 2.89. The standard InChI is InChI=1S/C15H24O2Si/c1-5-11-18(16-4,12-6-2)17-15-10-8-9-14(7-3)13-15/h7-10,13H,3,5-6,11-12H2,1-2,4H3. The molecule has 100 valence electrons. The highest BCUT2D eigenvalue weighted by Crippen LogP contribution is 2.26. The fourth-order valence-electron chi connectivity index (χ4n) is 2.15. The predicted octanol–water partition coefficient (Wildman–Crippen LogP) is 4.62. The van der Waals surface area contributed by atoms with Gasteiger partial charge in [-0.25, -0.2) is 0 Å². The van der Waals surface area contributed by atoms with Gasteiger partial charge in [-0.05, 0) is 17.7 Å². The van der Waals surface area contributed by atoms with Crippen molar-refractivity contribution in [2.24, 2.45) is 0 Å². The molecule has 0 spiro atoms. The highest BCUT2D eigenvalue weighted by atomic mass is 28.4. The molecule has 0 radical (unpaired) electrons. The van der Waals surface area contributed by atoms with Crippen LogP contribution in [0.15, 0.2) is 30.8 Å². The maximum atomic E-state index is 6.24. The van der Waals surface area contributed by atoms with Gasteiger partial charge in [0.05, 0.1) is 0 Å². The zero-order valence-electron chi connectivity index (χ0n) is 11.7. The van der Waals surface area contributed by atoms with Crippen molar-refractivity contribution in [3.05, 3.63) is 36.4 Å². The molecule has 0 bridgehead atoms. The molecule has 1 aromatic carbocycles. The Labute approximate surface area is 112 Å². The van der Waals surface area contributed by atoms with Gasteiger partial charge in [-0.15, -0.1) is 0 Å². The third kappa shape index (κ3) is 4.00. The highest BCUT2D eigenvalue weighted by molar-refractivity contribution is 6.68. The lowest BCUT2D eigenvalue weighted by Gasteiger charge is -2.29. The van der Waals surface area contributed by atoms with Crippen molar-refractivity contribution in [2.45, 2.75) is 38.8 Å². The van der Waals surface area contributed by atoms with Crippen molar-refractivity contribution >= 4 is 14.6 Å². The smallest absolute Gasteiger partial charge is 0.398 e. The fourth-order valence-corrected chi connectivity index (χ4v) is 5.18. The minimum absolute atomic E-state index is 0.905. The summed E-state index contributed by atoms with van der Waals surface area (Å²) in [5, 5.41) is 0. The SMILES string of the molecule is C=Cc1cccc(O[Si](CCC)(CCC)OC)c1. The number of rotatable bonds is 8. The van der Waals surface area contributed by atoms with Gasteiger partial charge >= 0.3 is 8.56 Å². The van der Waals surface area contributed by atoms with E-state index in [-0.39, 0.29) is 0 Å². The molecular weight excluding hydrogens is 240 g/mol. The van der Waals surface area contributed by atoms with E-state index in [0.717, 1.165) is 36.2 Å². The van der Waals surface area contributed by atoms with Crippen molar-refractivity contribution < 1.29 is 8.85 Å². The molecule has 0 aliphatic heterocycles. The van der Waals surface area contributed by atoms with E-state index in [1.165, 1.54) is 0 Å². The van der Waals surface area contributed by atoms with Crippen molar-refractivity contribution in [3.63, 3.8) is 0 Å². The quantitative estimate of drug-likeness (QED) is 0.638. The van der Waals surface area contributed by atoms with E-state index in [4.69, 9.17) is 8.85 Å². The maximum Gasteiger partial charge on any atom is 0.398 e. The van der Waals surface area contributed by atoms with Gasteiger partial charge in [0, 0.05) is 19.2 Å². The van der Waals surface area contributed by atoms with Gasteiger partial charge in [0.15, 0.2) is 0 Å². The van der Waals surface area contributed by atoms with Crippen molar-refractivity contribution in [1.29, 1.82) is 0 Å². The Kier molecular flexibility index (Phi) is 6.16. The van der Waals surface area contributed by atoms with Gasteiger partial charge in [-0.2, -0.15) is 0 Å². The molecule has 0 atom stereocenters. The summed E-state index contributed by atoms with van der Waals surface area (Å²) in [5.41, 5.74) is 1.08. The van der Waals surface area contributed by atoms with Crippen molar-refractivity contribution in [1.82, 2.24) is 0 Å². The first-order valence-electron chi connectivity index (χ1n) is 6.66. The molecule has 0 N–H and O–H groups in total. The molecule has 18 heavy (non-hydrogen) atoms. The molecule has 1 rings (SSSR count). The first-order chi connectivity index (χ1) is 8.69. The third-order valence-corrected chi connectivity index (χ3v) is 6.91. The van der Waals surface area contributed by atoms with Crippen LogP contribution in [0.5, 0.6) is 5.75 Å². The minimum atomic E-state index is -2.08. The summed E-state index contributed by atoms with van der Waals surface area (Å²) < 4.78 is 12.0. The second kappa shape index (κ2) is 7.39. The van der Waals surface area contributed by atoms with Crippen molar-refractivity contribution in [2.75, 3.05) is 7.11 Å². The van der Waals surface area contributed by atoms with Crippen LogP contribution in [0.3, 0.4) is 0 Å². The monoisotopic (exact) mass is 264 g/mol. The largest absolute Gasteiger partial charge is 0.520 e. The summed E-state index contributed by atoms with van der Waals surface area (Å²) in [7, 11) is -0.294. The van der Waals surface area contributed by atoms with E-state index in [1.54, 1.807) is 7.11 Å². The average Bonchev–Trinajstić information content (AvgIpc) is 2.39. The van der Waals surface area contributed by atoms with Crippen LogP contribution in [-0.2, 0) is 4.43 Å². The Hall–Kier alpha value is -1.06. The molecule has 0 amide bonds. The summed E-state index contributed by atoms with van der Waals surface area (Å²) >= 11 is 0. The van der Waals surface area contributed by atoms with Crippen molar-refractivity contribution in [3.8, 4) is 5.75 Å². The zero-order valence-corrected chi connectivity index (χ0v) is 12.7. The van der Waals surface area contributed by atoms with Crippen LogP contribution in [0.4, 0.5) is 0 Å². The lowest BCUT2D eigenvalue weighted by atomic mass is 10.2. The van der Waals surface area contributed by atoms with E-state index in [2.05, 4.69) is 20.4 Å². The van der Waals surface area contributed by atoms with Gasteiger partial charge in [-0.1, -0.05) is 51.5 Å². The second-order valence-corrected chi connectivity index (χ2v) is 7.93. The van der Waals surface area contributed by atoms with Gasteiger partial charge in [-0.3, -0.25) is 0 Å². The maximum absolute atomic E-state index is 6.24. The predicted molar refractivity (Wildman–Crippen MR) is 80.1 cm³/mol. The fraction of sp³-hybridized carbons (Fsp3) is 0.467. The van der Waals surface area contributed by atoms with E-state index in [9.17, 15) is 0 Å². The number of hydrogen-bond acceptors (Lipinski definition) is 2. The molecule has 2 nitrogen and oxygen atoms in total. The molecular formula is C15H24O2Si. The Morgan fingerprint density at radius 3 is 2.39 bits per heavy atom. The molecule has 3 heteroatoms. The first-order valence-corrected chi connectivity index (χ1v) is 8.89. The summed E-state index contributed by atoms with van der Waals surface area (Å²) in [6.45, 7) is 8.15. The Morgan fingerprint density at radius 2 is 1.89 bits per heavy atom. The van der Waals surface area contributed by atoms with Gasteiger partial charge < -0.3 is 8.85 Å². The van der Waals surface area contributed by atoms with Crippen LogP contribution < -0.4 is 4.43 Å². The van der Waals surface area contributed by atoms with Crippen LogP contribution in [-0.4, -0.2) is 15.7 Å². The molecule has 0 saturated heterocycles. The highest BCUT2D eigenvalue weighted by Gasteiger charge is 2.36. The van der Waals surface area contributed by atoms with E-state index >= 15 is 0 Å². The molecule has 0 fully saturated rings. The van der Waals surface area contributed by atoms with Crippen LogP contribution in [0.1, 0.15) is 32.3 Å². The summed E-state index contributed by atoms with van der Waals surface area (Å²) in [4.78, 5) is 0. The third-order valence-electron chi connectivity index (χ3n) is 3.03. The molecule has 0 saturated carbocycles. The molecule has 1 aromatic rings. The van der Waals surface area contributed by atoms with Crippen LogP contribution in [0.25, 0.3) is 6.08 Å². The van der Waals surface area contributed by atoms with E-state index < -0.39 is 8.56 Å².